The van der Waals surface area contributed by atoms with Gasteiger partial charge in [0.25, 0.3) is 0 Å². The van der Waals surface area contributed by atoms with Gasteiger partial charge in [0.1, 0.15) is 5.84 Å². The Kier molecular flexibility index (Phi) is 9.88. The fourth-order valence-corrected chi connectivity index (χ4v) is 4.51. The topological polar surface area (TPSA) is 125 Å². The van der Waals surface area contributed by atoms with Crippen molar-refractivity contribution in [3.05, 3.63) is 35.4 Å². The predicted molar refractivity (Wildman–Crippen MR) is 125 cm³/mol. The average Bonchev–Trinajstić information content (AvgIpc) is 2.76. The fraction of sp³-hybridized carbons (Fsp3) is 0.600. The SMILES string of the molecule is CC(C)N(CC(=O)CCc1ccc(C(=N)N)cc1)C(=O)[C@H](CCC(=O)O)C1CCCCC1. The number of rotatable bonds is 12. The molecular formula is C25H37N3O4. The molecule has 1 aromatic rings. The van der Waals surface area contributed by atoms with E-state index in [9.17, 15) is 14.4 Å². The van der Waals surface area contributed by atoms with E-state index in [0.717, 1.165) is 37.7 Å². The molecule has 0 aromatic heterocycles. The van der Waals surface area contributed by atoms with Gasteiger partial charge < -0.3 is 15.7 Å². The lowest BCUT2D eigenvalue weighted by Crippen LogP contribution is -2.46. The van der Waals surface area contributed by atoms with Crippen molar-refractivity contribution in [3.63, 3.8) is 0 Å². The maximum Gasteiger partial charge on any atom is 0.303 e. The van der Waals surface area contributed by atoms with Gasteiger partial charge in [-0.2, -0.15) is 0 Å². The van der Waals surface area contributed by atoms with Crippen LogP contribution in [0.4, 0.5) is 0 Å². The Balaban J connectivity index is 2.02. The highest BCUT2D eigenvalue weighted by molar-refractivity contribution is 5.94. The number of nitrogens with zero attached hydrogens (tertiary/aromatic N) is 1. The van der Waals surface area contributed by atoms with Crippen molar-refractivity contribution in [2.24, 2.45) is 17.6 Å². The minimum Gasteiger partial charge on any atom is -0.481 e. The molecule has 1 aliphatic rings. The second-order valence-electron chi connectivity index (χ2n) is 9.15. The molecule has 4 N–H and O–H groups in total. The summed E-state index contributed by atoms with van der Waals surface area (Å²) in [7, 11) is 0. The number of ketones is 1. The number of amidine groups is 1. The first-order valence-electron chi connectivity index (χ1n) is 11.7. The van der Waals surface area contributed by atoms with Gasteiger partial charge in [-0.05, 0) is 51.0 Å². The van der Waals surface area contributed by atoms with E-state index >= 15 is 0 Å². The largest absolute Gasteiger partial charge is 0.481 e. The first-order chi connectivity index (χ1) is 15.2. The van der Waals surface area contributed by atoms with Gasteiger partial charge >= 0.3 is 5.97 Å². The zero-order valence-corrected chi connectivity index (χ0v) is 19.3. The number of hydrogen-bond donors (Lipinski definition) is 3. The van der Waals surface area contributed by atoms with E-state index in [2.05, 4.69) is 0 Å². The van der Waals surface area contributed by atoms with Crippen molar-refractivity contribution in [1.82, 2.24) is 4.90 Å². The number of benzene rings is 1. The smallest absolute Gasteiger partial charge is 0.303 e. The van der Waals surface area contributed by atoms with Crippen molar-refractivity contribution >= 4 is 23.5 Å². The molecule has 0 unspecified atom stereocenters. The number of Topliss-reactive ketones (excluding diaryl/α,β-unsaturated/α-hetero) is 1. The number of carbonyl (C=O) groups excluding carboxylic acids is 2. The predicted octanol–water partition coefficient (Wildman–Crippen LogP) is 3.77. The lowest BCUT2D eigenvalue weighted by molar-refractivity contribution is -0.144. The molecule has 32 heavy (non-hydrogen) atoms. The first kappa shape index (κ1) is 25.6. The molecule has 0 heterocycles. The standard InChI is InChI=1S/C25H37N3O4/c1-17(2)28(16-21(29)13-10-18-8-11-20(12-9-18)24(26)27)25(32)22(14-15-23(30)31)19-6-4-3-5-7-19/h8-9,11-12,17,19,22H,3-7,10,13-16H2,1-2H3,(H3,26,27)(H,30,31)/t22-/m1/s1. The molecule has 1 fully saturated rings. The Morgan fingerprint density at radius 1 is 1.09 bits per heavy atom. The zero-order valence-electron chi connectivity index (χ0n) is 19.3. The fourth-order valence-electron chi connectivity index (χ4n) is 4.51. The van der Waals surface area contributed by atoms with Crippen LogP contribution in [0.2, 0.25) is 0 Å². The molecule has 7 heteroatoms. The molecule has 0 radical (unpaired) electrons. The van der Waals surface area contributed by atoms with Crippen LogP contribution in [-0.4, -0.2) is 46.1 Å². The van der Waals surface area contributed by atoms with Crippen LogP contribution in [0, 0.1) is 17.2 Å². The molecule has 0 spiro atoms. The molecule has 176 valence electrons. The number of nitrogens with two attached hydrogens (primary N) is 1. The number of amides is 1. The van der Waals surface area contributed by atoms with E-state index in [-0.39, 0.29) is 48.4 Å². The number of nitrogen functional groups attached to an aromatic ring is 1. The van der Waals surface area contributed by atoms with Crippen molar-refractivity contribution in [3.8, 4) is 0 Å². The van der Waals surface area contributed by atoms with Crippen molar-refractivity contribution < 1.29 is 19.5 Å². The van der Waals surface area contributed by atoms with E-state index < -0.39 is 5.97 Å². The normalized spacial score (nSPS) is 15.3. The number of carboxylic acid groups (broad SMARTS) is 1. The van der Waals surface area contributed by atoms with Crippen LogP contribution < -0.4 is 5.73 Å². The van der Waals surface area contributed by atoms with Gasteiger partial charge in [-0.3, -0.25) is 19.8 Å². The van der Waals surface area contributed by atoms with Crippen LogP contribution in [0.1, 0.15) is 76.3 Å². The summed E-state index contributed by atoms with van der Waals surface area (Å²) in [6.45, 7) is 3.86. The molecule has 1 aliphatic carbocycles. The third kappa shape index (κ3) is 7.77. The maximum atomic E-state index is 13.5. The summed E-state index contributed by atoms with van der Waals surface area (Å²) in [6, 6.07) is 7.13. The summed E-state index contributed by atoms with van der Waals surface area (Å²) in [6.07, 6.45) is 6.40. The summed E-state index contributed by atoms with van der Waals surface area (Å²) < 4.78 is 0. The Labute approximate surface area is 190 Å². The average molecular weight is 444 g/mol. The molecular weight excluding hydrogens is 406 g/mol. The quantitative estimate of drug-likeness (QED) is 0.335. The number of carbonyl (C=O) groups is 3. The highest BCUT2D eigenvalue weighted by Crippen LogP contribution is 2.34. The first-order valence-corrected chi connectivity index (χ1v) is 11.7. The third-order valence-corrected chi connectivity index (χ3v) is 6.42. The molecule has 0 aliphatic heterocycles. The lowest BCUT2D eigenvalue weighted by atomic mass is 9.77. The summed E-state index contributed by atoms with van der Waals surface area (Å²) >= 11 is 0. The van der Waals surface area contributed by atoms with Crippen molar-refractivity contribution in [2.75, 3.05) is 6.54 Å². The van der Waals surface area contributed by atoms with Crippen LogP contribution in [0.25, 0.3) is 0 Å². The monoisotopic (exact) mass is 443 g/mol. The van der Waals surface area contributed by atoms with Gasteiger partial charge in [-0.1, -0.05) is 43.5 Å². The Bertz CT molecular complexity index is 798. The third-order valence-electron chi connectivity index (χ3n) is 6.42. The molecule has 7 nitrogen and oxygen atoms in total. The van der Waals surface area contributed by atoms with Gasteiger partial charge in [-0.15, -0.1) is 0 Å². The zero-order chi connectivity index (χ0) is 23.7. The van der Waals surface area contributed by atoms with Gasteiger partial charge in [0, 0.05) is 30.4 Å². The molecule has 1 atom stereocenters. The molecule has 0 bridgehead atoms. The van der Waals surface area contributed by atoms with Crippen LogP contribution in [-0.2, 0) is 20.8 Å². The molecule has 0 saturated heterocycles. The molecule has 1 amide bonds. The Morgan fingerprint density at radius 3 is 2.25 bits per heavy atom. The second kappa shape index (κ2) is 12.4. The molecule has 2 rings (SSSR count). The van der Waals surface area contributed by atoms with E-state index in [1.54, 1.807) is 17.0 Å². The number of nitrogens with one attached hydrogen (secondary N) is 1. The number of aryl methyl sites for hydroxylation is 1. The Morgan fingerprint density at radius 2 is 1.72 bits per heavy atom. The van der Waals surface area contributed by atoms with Crippen LogP contribution in [0.15, 0.2) is 24.3 Å². The molecule has 1 aromatic carbocycles. The summed E-state index contributed by atoms with van der Waals surface area (Å²) in [4.78, 5) is 39.0. The van der Waals surface area contributed by atoms with Crippen LogP contribution in [0.3, 0.4) is 0 Å². The maximum absolute atomic E-state index is 13.5. The summed E-state index contributed by atoms with van der Waals surface area (Å²) in [5.74, 6) is -1.10. The van der Waals surface area contributed by atoms with E-state index in [1.807, 2.05) is 26.0 Å². The van der Waals surface area contributed by atoms with Crippen LogP contribution in [0.5, 0.6) is 0 Å². The number of carboxylic acids is 1. The summed E-state index contributed by atoms with van der Waals surface area (Å²) in [5, 5.41) is 16.6. The van der Waals surface area contributed by atoms with Gasteiger partial charge in [0.05, 0.1) is 6.54 Å². The molecule has 1 saturated carbocycles. The Hall–Kier alpha value is -2.70. The highest BCUT2D eigenvalue weighted by Gasteiger charge is 2.34. The minimum atomic E-state index is -0.887. The number of hydrogen-bond acceptors (Lipinski definition) is 4. The van der Waals surface area contributed by atoms with Crippen molar-refractivity contribution in [1.29, 1.82) is 5.41 Å². The minimum absolute atomic E-state index is 0.00846. The van der Waals surface area contributed by atoms with Gasteiger partial charge in [0.15, 0.2) is 5.78 Å². The van der Waals surface area contributed by atoms with Crippen LogP contribution >= 0.6 is 0 Å². The summed E-state index contributed by atoms with van der Waals surface area (Å²) in [5.41, 5.74) is 7.10. The lowest BCUT2D eigenvalue weighted by Gasteiger charge is -2.35. The van der Waals surface area contributed by atoms with E-state index in [4.69, 9.17) is 16.2 Å². The van der Waals surface area contributed by atoms with Gasteiger partial charge in [0.2, 0.25) is 5.91 Å². The van der Waals surface area contributed by atoms with Gasteiger partial charge in [-0.25, -0.2) is 0 Å². The highest BCUT2D eigenvalue weighted by atomic mass is 16.4. The second-order valence-corrected chi connectivity index (χ2v) is 9.15. The van der Waals surface area contributed by atoms with E-state index in [0.29, 0.717) is 24.8 Å². The van der Waals surface area contributed by atoms with E-state index in [1.165, 1.54) is 0 Å². The van der Waals surface area contributed by atoms with Crippen molar-refractivity contribution in [2.45, 2.75) is 77.7 Å². The number of aliphatic carboxylic acids is 1.